The van der Waals surface area contributed by atoms with E-state index in [0.29, 0.717) is 5.92 Å². The summed E-state index contributed by atoms with van der Waals surface area (Å²) in [5, 5.41) is 11.8. The van der Waals surface area contributed by atoms with Crippen LogP contribution in [0, 0.1) is 22.7 Å². The fraction of sp³-hybridized carbons (Fsp3) is 0.846. The third-order valence-electron chi connectivity index (χ3n) is 3.28. The summed E-state index contributed by atoms with van der Waals surface area (Å²) in [4.78, 5) is 12.0. The van der Waals surface area contributed by atoms with Gasteiger partial charge < -0.3 is 5.32 Å². The van der Waals surface area contributed by atoms with Crippen molar-refractivity contribution in [2.45, 2.75) is 58.9 Å². The Bertz CT molecular complexity index is 308. The van der Waals surface area contributed by atoms with E-state index in [9.17, 15) is 4.79 Å². The Kier molecular flexibility index (Phi) is 3.62. The zero-order valence-corrected chi connectivity index (χ0v) is 10.8. The molecule has 0 spiro atoms. The summed E-state index contributed by atoms with van der Waals surface area (Å²) in [7, 11) is 0. The average Bonchev–Trinajstić information content (AvgIpc) is 2.95. The molecule has 0 unspecified atom stereocenters. The van der Waals surface area contributed by atoms with Crippen molar-refractivity contribution in [2.24, 2.45) is 11.3 Å². The zero-order valence-electron chi connectivity index (χ0n) is 10.8. The van der Waals surface area contributed by atoms with Gasteiger partial charge in [-0.25, -0.2) is 0 Å². The first-order valence-corrected chi connectivity index (χ1v) is 6.05. The van der Waals surface area contributed by atoms with E-state index in [1.54, 1.807) is 0 Å². The number of carbonyl (C=O) groups excluding carboxylic acids is 1. The van der Waals surface area contributed by atoms with Crippen LogP contribution in [0.4, 0.5) is 0 Å². The molecule has 0 aromatic heterocycles. The third-order valence-corrected chi connectivity index (χ3v) is 3.28. The quantitative estimate of drug-likeness (QED) is 0.777. The molecule has 0 aromatic carbocycles. The minimum Gasteiger partial charge on any atom is -0.337 e. The van der Waals surface area contributed by atoms with Crippen LogP contribution in [-0.2, 0) is 4.79 Å². The molecular weight excluding hydrogens is 200 g/mol. The second kappa shape index (κ2) is 4.45. The number of nitriles is 1. The molecule has 0 saturated heterocycles. The minimum absolute atomic E-state index is 0.0206. The lowest BCUT2D eigenvalue weighted by Gasteiger charge is -2.25. The Hall–Kier alpha value is -1.04. The van der Waals surface area contributed by atoms with Crippen LogP contribution in [-0.4, -0.2) is 11.4 Å². The summed E-state index contributed by atoms with van der Waals surface area (Å²) >= 11 is 0. The molecule has 0 radical (unpaired) electrons. The fourth-order valence-electron chi connectivity index (χ4n) is 1.54. The lowest BCUT2D eigenvalue weighted by Crippen LogP contribution is -2.43. The van der Waals surface area contributed by atoms with E-state index >= 15 is 0 Å². The van der Waals surface area contributed by atoms with Crippen molar-refractivity contribution in [3.63, 3.8) is 0 Å². The van der Waals surface area contributed by atoms with E-state index < -0.39 is 5.54 Å². The van der Waals surface area contributed by atoms with Gasteiger partial charge in [-0.15, -0.1) is 0 Å². The summed E-state index contributed by atoms with van der Waals surface area (Å²) in [6.45, 7) is 8.23. The average molecular weight is 222 g/mol. The maximum absolute atomic E-state index is 12.0. The second-order valence-corrected chi connectivity index (χ2v) is 5.96. The molecule has 0 bridgehead atoms. The van der Waals surface area contributed by atoms with Crippen molar-refractivity contribution < 1.29 is 4.79 Å². The SMILES string of the molecule is CC(C)CCC(C)(C)C(=O)NC1(C#N)CC1. The van der Waals surface area contributed by atoms with Crippen LogP contribution in [0.2, 0.25) is 0 Å². The van der Waals surface area contributed by atoms with Gasteiger partial charge in [0, 0.05) is 5.41 Å². The number of hydrogen-bond acceptors (Lipinski definition) is 2. The van der Waals surface area contributed by atoms with Crippen LogP contribution in [0.25, 0.3) is 0 Å². The smallest absolute Gasteiger partial charge is 0.226 e. The Morgan fingerprint density at radius 3 is 2.44 bits per heavy atom. The number of hydrogen-bond donors (Lipinski definition) is 1. The Labute approximate surface area is 98.2 Å². The molecule has 1 N–H and O–H groups in total. The van der Waals surface area contributed by atoms with Crippen LogP contribution in [0.15, 0.2) is 0 Å². The van der Waals surface area contributed by atoms with Gasteiger partial charge >= 0.3 is 0 Å². The minimum atomic E-state index is -0.536. The first kappa shape index (κ1) is 13.0. The molecular formula is C13H22N2O. The van der Waals surface area contributed by atoms with Crippen molar-refractivity contribution in [3.05, 3.63) is 0 Å². The largest absolute Gasteiger partial charge is 0.337 e. The number of nitrogens with zero attached hydrogens (tertiary/aromatic N) is 1. The van der Waals surface area contributed by atoms with E-state index in [1.807, 2.05) is 13.8 Å². The number of nitrogens with one attached hydrogen (secondary N) is 1. The van der Waals surface area contributed by atoms with Crippen LogP contribution in [0.3, 0.4) is 0 Å². The molecule has 0 atom stereocenters. The van der Waals surface area contributed by atoms with Crippen LogP contribution >= 0.6 is 0 Å². The molecule has 0 heterocycles. The van der Waals surface area contributed by atoms with Crippen molar-refractivity contribution >= 4 is 5.91 Å². The second-order valence-electron chi connectivity index (χ2n) is 5.96. The van der Waals surface area contributed by atoms with Crippen molar-refractivity contribution in [2.75, 3.05) is 0 Å². The topological polar surface area (TPSA) is 52.9 Å². The molecule has 1 rings (SSSR count). The lowest BCUT2D eigenvalue weighted by atomic mass is 9.84. The summed E-state index contributed by atoms with van der Waals surface area (Å²) in [6.07, 6.45) is 3.52. The first-order valence-electron chi connectivity index (χ1n) is 6.05. The predicted octanol–water partition coefficient (Wildman–Crippen LogP) is 2.62. The number of carbonyl (C=O) groups is 1. The molecule has 0 aromatic rings. The zero-order chi connectivity index (χ0) is 12.4. The van der Waals surface area contributed by atoms with E-state index in [-0.39, 0.29) is 11.3 Å². The molecule has 1 fully saturated rings. The highest BCUT2D eigenvalue weighted by Gasteiger charge is 2.46. The van der Waals surface area contributed by atoms with E-state index in [2.05, 4.69) is 25.2 Å². The van der Waals surface area contributed by atoms with Crippen molar-refractivity contribution in [3.8, 4) is 6.07 Å². The molecule has 16 heavy (non-hydrogen) atoms. The van der Waals surface area contributed by atoms with E-state index in [0.717, 1.165) is 25.7 Å². The van der Waals surface area contributed by atoms with Crippen LogP contribution in [0.5, 0.6) is 0 Å². The summed E-state index contributed by atoms with van der Waals surface area (Å²) in [5.74, 6) is 0.630. The standard InChI is InChI=1S/C13H22N2O/c1-10(2)5-6-12(3,4)11(16)15-13(9-14)7-8-13/h10H,5-8H2,1-4H3,(H,15,16). The molecule has 1 saturated carbocycles. The Morgan fingerprint density at radius 1 is 1.50 bits per heavy atom. The first-order chi connectivity index (χ1) is 7.31. The normalized spacial score (nSPS) is 18.0. The maximum atomic E-state index is 12.0. The van der Waals surface area contributed by atoms with Gasteiger partial charge in [0.1, 0.15) is 5.54 Å². The fourth-order valence-corrected chi connectivity index (χ4v) is 1.54. The molecule has 3 heteroatoms. The molecule has 3 nitrogen and oxygen atoms in total. The van der Waals surface area contributed by atoms with Gasteiger partial charge in [-0.2, -0.15) is 5.26 Å². The van der Waals surface area contributed by atoms with Crippen molar-refractivity contribution in [1.82, 2.24) is 5.32 Å². The molecule has 0 aliphatic heterocycles. The van der Waals surface area contributed by atoms with Crippen molar-refractivity contribution in [1.29, 1.82) is 5.26 Å². The van der Waals surface area contributed by atoms with Gasteiger partial charge in [0.25, 0.3) is 0 Å². The molecule has 1 aliphatic rings. The molecule has 90 valence electrons. The number of amides is 1. The molecule has 1 aliphatic carbocycles. The van der Waals surface area contributed by atoms with Gasteiger partial charge in [-0.05, 0) is 31.6 Å². The van der Waals surface area contributed by atoms with Crippen LogP contribution < -0.4 is 5.32 Å². The lowest BCUT2D eigenvalue weighted by molar-refractivity contribution is -0.130. The highest BCUT2D eigenvalue weighted by atomic mass is 16.2. The summed E-state index contributed by atoms with van der Waals surface area (Å²) in [5.41, 5.74) is -0.900. The Balaban J connectivity index is 2.49. The monoisotopic (exact) mass is 222 g/mol. The van der Waals surface area contributed by atoms with E-state index in [4.69, 9.17) is 5.26 Å². The maximum Gasteiger partial charge on any atom is 0.226 e. The Morgan fingerprint density at radius 2 is 2.06 bits per heavy atom. The van der Waals surface area contributed by atoms with E-state index in [1.165, 1.54) is 0 Å². The predicted molar refractivity (Wildman–Crippen MR) is 63.6 cm³/mol. The number of rotatable bonds is 5. The third kappa shape index (κ3) is 3.23. The highest BCUT2D eigenvalue weighted by Crippen LogP contribution is 2.36. The molecule has 1 amide bonds. The summed E-state index contributed by atoms with van der Waals surface area (Å²) in [6, 6.07) is 2.19. The summed E-state index contributed by atoms with van der Waals surface area (Å²) < 4.78 is 0. The highest BCUT2D eigenvalue weighted by molar-refractivity contribution is 5.83. The van der Waals surface area contributed by atoms with Gasteiger partial charge in [0.05, 0.1) is 6.07 Å². The van der Waals surface area contributed by atoms with Gasteiger partial charge in [0.15, 0.2) is 0 Å². The van der Waals surface area contributed by atoms with Gasteiger partial charge in [0.2, 0.25) is 5.91 Å². The van der Waals surface area contributed by atoms with Crippen LogP contribution in [0.1, 0.15) is 53.4 Å². The van der Waals surface area contributed by atoms with Gasteiger partial charge in [-0.3, -0.25) is 4.79 Å². The van der Waals surface area contributed by atoms with Gasteiger partial charge in [-0.1, -0.05) is 27.7 Å².